The summed E-state index contributed by atoms with van der Waals surface area (Å²) in [5.74, 6) is 0.796. The normalized spacial score (nSPS) is 18.9. The number of benzene rings is 3. The van der Waals surface area contributed by atoms with Gasteiger partial charge in [-0.25, -0.2) is 5.01 Å². The number of hydrazone groups is 1. The van der Waals surface area contributed by atoms with Crippen LogP contribution in [0.2, 0.25) is 0 Å². The smallest absolute Gasteiger partial charge is 0.257 e. The predicted octanol–water partition coefficient (Wildman–Crippen LogP) is 6.24. The molecule has 2 aliphatic heterocycles. The van der Waals surface area contributed by atoms with Gasteiger partial charge in [0.25, 0.3) is 5.91 Å². The van der Waals surface area contributed by atoms with E-state index in [4.69, 9.17) is 5.10 Å². The molecule has 0 unspecified atom stereocenters. The third kappa shape index (κ3) is 5.60. The highest BCUT2D eigenvalue weighted by molar-refractivity contribution is 6.03. The monoisotopic (exact) mass is 479 g/mol. The highest BCUT2D eigenvalue weighted by Gasteiger charge is 2.35. The van der Waals surface area contributed by atoms with Crippen molar-refractivity contribution in [3.8, 4) is 0 Å². The van der Waals surface area contributed by atoms with Gasteiger partial charge in [0.2, 0.25) is 0 Å². The van der Waals surface area contributed by atoms with Crippen molar-refractivity contribution in [1.82, 2.24) is 9.91 Å². The third-order valence-corrected chi connectivity index (χ3v) is 7.74. The molecule has 1 amide bonds. The molecule has 1 saturated heterocycles. The van der Waals surface area contributed by atoms with Gasteiger partial charge in [-0.05, 0) is 81.3 Å². The van der Waals surface area contributed by atoms with E-state index in [9.17, 15) is 4.79 Å². The van der Waals surface area contributed by atoms with Crippen LogP contribution in [0.5, 0.6) is 0 Å². The lowest BCUT2D eigenvalue weighted by molar-refractivity contribution is -0.134. The number of piperidine rings is 1. The topological polar surface area (TPSA) is 35.9 Å². The molecule has 0 radical (unpaired) electrons. The first-order valence-electron chi connectivity index (χ1n) is 13.3. The van der Waals surface area contributed by atoms with Crippen LogP contribution >= 0.6 is 0 Å². The molecule has 4 nitrogen and oxygen atoms in total. The van der Waals surface area contributed by atoms with E-state index >= 15 is 0 Å². The molecule has 0 N–H and O–H groups in total. The van der Waals surface area contributed by atoms with Gasteiger partial charge in [-0.1, -0.05) is 83.9 Å². The number of amides is 1. The molecule has 0 aliphatic carbocycles. The van der Waals surface area contributed by atoms with E-state index in [0.717, 1.165) is 50.0 Å². The van der Waals surface area contributed by atoms with Crippen molar-refractivity contribution in [1.29, 1.82) is 0 Å². The van der Waals surface area contributed by atoms with E-state index in [2.05, 4.69) is 98.5 Å². The molecular formula is C32H37N3O. The Kier molecular flexibility index (Phi) is 7.33. The maximum absolute atomic E-state index is 13.7. The van der Waals surface area contributed by atoms with Crippen molar-refractivity contribution >= 4 is 11.6 Å². The van der Waals surface area contributed by atoms with Gasteiger partial charge in [-0.15, -0.1) is 0 Å². The number of nitrogens with zero attached hydrogens (tertiary/aromatic N) is 3. The molecule has 2 aliphatic rings. The number of aryl methyl sites for hydroxylation is 3. The fourth-order valence-electron chi connectivity index (χ4n) is 5.66. The second-order valence-electron chi connectivity index (χ2n) is 10.6. The Morgan fingerprint density at radius 3 is 2.39 bits per heavy atom. The van der Waals surface area contributed by atoms with Crippen molar-refractivity contribution in [2.75, 3.05) is 19.6 Å². The van der Waals surface area contributed by atoms with Crippen LogP contribution < -0.4 is 0 Å². The molecule has 0 aromatic heterocycles. The molecule has 36 heavy (non-hydrogen) atoms. The fraction of sp³-hybridized carbons (Fsp3) is 0.375. The number of carbonyl (C=O) groups is 1. The van der Waals surface area contributed by atoms with Crippen LogP contribution in [0.15, 0.2) is 77.9 Å². The minimum atomic E-state index is -0.0523. The molecule has 0 bridgehead atoms. The summed E-state index contributed by atoms with van der Waals surface area (Å²) >= 11 is 0. The molecule has 186 valence electrons. The van der Waals surface area contributed by atoms with Gasteiger partial charge in [0.1, 0.15) is 0 Å². The SMILES string of the molecule is Cc1cccc(C2=NN(C(=O)CN3CCC(Cc4ccccc4)CC3)[C@H](c3cc(C)ccc3C)C2)c1. The lowest BCUT2D eigenvalue weighted by Crippen LogP contribution is -2.42. The summed E-state index contributed by atoms with van der Waals surface area (Å²) in [4.78, 5) is 16.0. The summed E-state index contributed by atoms with van der Waals surface area (Å²) in [5, 5.41) is 6.73. The Balaban J connectivity index is 1.30. The Labute approximate surface area is 215 Å². The van der Waals surface area contributed by atoms with Gasteiger partial charge in [0.15, 0.2) is 0 Å². The number of hydrogen-bond donors (Lipinski definition) is 0. The van der Waals surface area contributed by atoms with Crippen molar-refractivity contribution in [2.24, 2.45) is 11.0 Å². The van der Waals surface area contributed by atoms with Crippen LogP contribution in [0.1, 0.15) is 58.7 Å². The summed E-state index contributed by atoms with van der Waals surface area (Å²) in [5.41, 5.74) is 8.37. The quantitative estimate of drug-likeness (QED) is 0.419. The molecule has 0 spiro atoms. The van der Waals surface area contributed by atoms with Crippen molar-refractivity contribution in [3.63, 3.8) is 0 Å². The Hall–Kier alpha value is -3.24. The molecule has 4 heteroatoms. The molecule has 3 aromatic carbocycles. The molecule has 0 saturated carbocycles. The lowest BCUT2D eigenvalue weighted by atomic mass is 9.90. The largest absolute Gasteiger partial charge is 0.294 e. The van der Waals surface area contributed by atoms with Gasteiger partial charge in [0.05, 0.1) is 18.3 Å². The van der Waals surface area contributed by atoms with Crippen molar-refractivity contribution < 1.29 is 4.79 Å². The molecule has 2 heterocycles. The van der Waals surface area contributed by atoms with E-state index in [0.29, 0.717) is 12.5 Å². The fourth-order valence-corrected chi connectivity index (χ4v) is 5.66. The zero-order valence-electron chi connectivity index (χ0n) is 21.8. The first-order valence-corrected chi connectivity index (χ1v) is 13.3. The second-order valence-corrected chi connectivity index (χ2v) is 10.6. The van der Waals surface area contributed by atoms with E-state index in [1.54, 1.807) is 5.01 Å². The van der Waals surface area contributed by atoms with Gasteiger partial charge in [0, 0.05) is 6.42 Å². The maximum Gasteiger partial charge on any atom is 0.257 e. The molecule has 5 rings (SSSR count). The highest BCUT2D eigenvalue weighted by Crippen LogP contribution is 2.35. The minimum Gasteiger partial charge on any atom is -0.294 e. The Morgan fingerprint density at radius 2 is 1.64 bits per heavy atom. The van der Waals surface area contributed by atoms with Crippen LogP contribution in [-0.2, 0) is 11.2 Å². The van der Waals surface area contributed by atoms with Crippen LogP contribution in [0.25, 0.3) is 0 Å². The van der Waals surface area contributed by atoms with Crippen LogP contribution in [0.4, 0.5) is 0 Å². The predicted molar refractivity (Wildman–Crippen MR) is 147 cm³/mol. The summed E-state index contributed by atoms with van der Waals surface area (Å²) in [7, 11) is 0. The van der Waals surface area contributed by atoms with Crippen molar-refractivity contribution in [3.05, 3.63) is 106 Å². The second kappa shape index (κ2) is 10.8. The van der Waals surface area contributed by atoms with Crippen LogP contribution in [-0.4, -0.2) is 41.2 Å². The standard InChI is InChI=1S/C32H37N3O/c1-23-8-7-11-28(18-23)30-21-31(29-19-24(2)12-13-25(29)3)35(33-30)32(36)22-34-16-14-27(15-17-34)20-26-9-5-4-6-10-26/h4-13,18-19,27,31H,14-17,20-22H2,1-3H3/t31-/m0/s1. The van der Waals surface area contributed by atoms with E-state index < -0.39 is 0 Å². The van der Waals surface area contributed by atoms with Crippen LogP contribution in [0, 0.1) is 26.7 Å². The number of hydrogen-bond acceptors (Lipinski definition) is 3. The molecule has 3 aromatic rings. The lowest BCUT2D eigenvalue weighted by Gasteiger charge is -2.33. The van der Waals surface area contributed by atoms with Gasteiger partial charge in [-0.2, -0.15) is 5.10 Å². The van der Waals surface area contributed by atoms with Gasteiger partial charge in [-0.3, -0.25) is 9.69 Å². The maximum atomic E-state index is 13.7. The third-order valence-electron chi connectivity index (χ3n) is 7.74. The highest BCUT2D eigenvalue weighted by atomic mass is 16.2. The average Bonchev–Trinajstić information content (AvgIpc) is 3.33. The Morgan fingerprint density at radius 1 is 0.889 bits per heavy atom. The minimum absolute atomic E-state index is 0.0523. The number of carbonyl (C=O) groups excluding carboxylic acids is 1. The van der Waals surface area contributed by atoms with E-state index in [1.807, 2.05) is 0 Å². The zero-order chi connectivity index (χ0) is 25.1. The average molecular weight is 480 g/mol. The first-order chi connectivity index (χ1) is 17.5. The first kappa shape index (κ1) is 24.5. The van der Waals surface area contributed by atoms with Crippen molar-refractivity contribution in [2.45, 2.75) is 52.5 Å². The summed E-state index contributed by atoms with van der Waals surface area (Å²) in [6, 6.07) is 25.7. The molecular weight excluding hydrogens is 442 g/mol. The number of likely N-dealkylation sites (tertiary alicyclic amines) is 1. The van der Waals surface area contributed by atoms with Gasteiger partial charge < -0.3 is 0 Å². The van der Waals surface area contributed by atoms with Gasteiger partial charge >= 0.3 is 0 Å². The summed E-state index contributed by atoms with van der Waals surface area (Å²) < 4.78 is 0. The zero-order valence-corrected chi connectivity index (χ0v) is 21.8. The van der Waals surface area contributed by atoms with Crippen LogP contribution in [0.3, 0.4) is 0 Å². The van der Waals surface area contributed by atoms with E-state index in [-0.39, 0.29) is 11.9 Å². The van der Waals surface area contributed by atoms with E-state index in [1.165, 1.54) is 27.8 Å². The molecule has 1 atom stereocenters. The Bertz CT molecular complexity index is 1240. The number of rotatable bonds is 6. The molecule has 1 fully saturated rings. The summed E-state index contributed by atoms with van der Waals surface area (Å²) in [6.45, 7) is 8.74. The summed E-state index contributed by atoms with van der Waals surface area (Å²) in [6.07, 6.45) is 4.16.